The van der Waals surface area contributed by atoms with Crippen LogP contribution in [0.15, 0.2) is 47.7 Å². The number of nitrogens with zero attached hydrogens (tertiary/aromatic N) is 3. The van der Waals surface area contributed by atoms with Crippen molar-refractivity contribution in [2.75, 3.05) is 46.0 Å². The monoisotopic (exact) mass is 394 g/mol. The second-order valence-electron chi connectivity index (χ2n) is 7.24. The van der Waals surface area contributed by atoms with E-state index in [2.05, 4.69) is 26.3 Å². The highest BCUT2D eigenvalue weighted by atomic mass is 16.5. The summed E-state index contributed by atoms with van der Waals surface area (Å²) < 4.78 is 11.3. The molecule has 29 heavy (non-hydrogen) atoms. The van der Waals surface area contributed by atoms with Crippen molar-refractivity contribution in [3.05, 3.63) is 53.9 Å². The van der Waals surface area contributed by atoms with E-state index in [1.807, 2.05) is 18.2 Å². The highest BCUT2D eigenvalue weighted by Crippen LogP contribution is 2.24. The average molecular weight is 394 g/mol. The molecule has 2 aromatic rings. The van der Waals surface area contributed by atoms with E-state index in [4.69, 9.17) is 9.47 Å². The Kier molecular flexibility index (Phi) is 6.61. The van der Waals surface area contributed by atoms with E-state index in [0.29, 0.717) is 24.3 Å². The average Bonchev–Trinajstić information content (AvgIpc) is 2.76. The number of rotatable bonds is 8. The molecule has 0 atom stereocenters. The summed E-state index contributed by atoms with van der Waals surface area (Å²) in [7, 11) is 0. The molecular formula is C22H26N4O3. The first kappa shape index (κ1) is 19.7. The first-order valence-electron chi connectivity index (χ1n) is 10.0. The van der Waals surface area contributed by atoms with Crippen LogP contribution < -0.4 is 10.1 Å². The quantitative estimate of drug-likeness (QED) is 0.692. The minimum Gasteiger partial charge on any atom is -0.488 e. The van der Waals surface area contributed by atoms with Crippen LogP contribution in [0.4, 0.5) is 5.69 Å². The van der Waals surface area contributed by atoms with E-state index < -0.39 is 0 Å². The number of fused-ring (bicyclic) bond motifs is 1. The number of morpholine rings is 1. The minimum atomic E-state index is 0.0641. The van der Waals surface area contributed by atoms with Gasteiger partial charge in [0.1, 0.15) is 12.4 Å². The molecule has 1 saturated heterocycles. The second-order valence-corrected chi connectivity index (χ2v) is 7.24. The molecule has 1 aromatic heterocycles. The van der Waals surface area contributed by atoms with Gasteiger partial charge in [0, 0.05) is 44.5 Å². The molecule has 0 bridgehead atoms. The molecule has 2 aliphatic heterocycles. The van der Waals surface area contributed by atoms with Crippen LogP contribution in [0.5, 0.6) is 5.75 Å². The molecule has 7 nitrogen and oxygen atoms in total. The number of ether oxygens (including phenoxy) is 2. The maximum Gasteiger partial charge on any atom is 0.170 e. The van der Waals surface area contributed by atoms with Crippen molar-refractivity contribution < 1.29 is 14.3 Å². The van der Waals surface area contributed by atoms with Gasteiger partial charge in [-0.2, -0.15) is 0 Å². The molecule has 0 amide bonds. The lowest BCUT2D eigenvalue weighted by Crippen LogP contribution is -2.40. The fraction of sp³-hybridized carbons (Fsp3) is 0.409. The summed E-state index contributed by atoms with van der Waals surface area (Å²) in [5, 5.41) is 3.49. The number of benzene rings is 1. The maximum absolute atomic E-state index is 12.2. The van der Waals surface area contributed by atoms with Gasteiger partial charge < -0.3 is 14.8 Å². The van der Waals surface area contributed by atoms with Crippen LogP contribution in [0.2, 0.25) is 0 Å². The molecule has 0 unspecified atom stereocenters. The first-order chi connectivity index (χ1) is 14.3. The van der Waals surface area contributed by atoms with Crippen molar-refractivity contribution in [1.82, 2.24) is 15.2 Å². The molecule has 0 saturated carbocycles. The highest BCUT2D eigenvalue weighted by Gasteiger charge is 2.20. The minimum absolute atomic E-state index is 0.0641. The van der Waals surface area contributed by atoms with Crippen molar-refractivity contribution in [1.29, 1.82) is 0 Å². The third kappa shape index (κ3) is 5.47. The Balaban J connectivity index is 1.26. The van der Waals surface area contributed by atoms with Gasteiger partial charge in [0.15, 0.2) is 5.78 Å². The van der Waals surface area contributed by atoms with Gasteiger partial charge in [-0.05, 0) is 23.8 Å². The summed E-state index contributed by atoms with van der Waals surface area (Å²) in [4.78, 5) is 23.2. The number of hydrogen-bond donors (Lipinski definition) is 1. The normalized spacial score (nSPS) is 17.0. The molecule has 7 heteroatoms. The smallest absolute Gasteiger partial charge is 0.170 e. The van der Waals surface area contributed by atoms with Crippen molar-refractivity contribution in [3.8, 4) is 5.75 Å². The van der Waals surface area contributed by atoms with Crippen molar-refractivity contribution in [2.24, 2.45) is 4.99 Å². The van der Waals surface area contributed by atoms with Gasteiger partial charge >= 0.3 is 0 Å². The number of Topliss-reactive ketones (excluding diaryl/α,β-unsaturated/α-hetero) is 1. The fourth-order valence-electron chi connectivity index (χ4n) is 3.49. The Morgan fingerprint density at radius 2 is 2.10 bits per heavy atom. The predicted octanol–water partition coefficient (Wildman–Crippen LogP) is 2.24. The van der Waals surface area contributed by atoms with Crippen LogP contribution in [0.25, 0.3) is 0 Å². The van der Waals surface area contributed by atoms with E-state index in [1.54, 1.807) is 18.5 Å². The summed E-state index contributed by atoms with van der Waals surface area (Å²) in [6.45, 7) is 6.75. The Hall–Kier alpha value is -2.61. The number of carbonyl (C=O) groups excluding carboxylic acids is 1. The predicted molar refractivity (Wildman–Crippen MR) is 111 cm³/mol. The van der Waals surface area contributed by atoms with E-state index in [9.17, 15) is 4.79 Å². The third-order valence-electron chi connectivity index (χ3n) is 5.09. The highest BCUT2D eigenvalue weighted by molar-refractivity contribution is 6.16. The van der Waals surface area contributed by atoms with Gasteiger partial charge in [0.2, 0.25) is 0 Å². The zero-order valence-corrected chi connectivity index (χ0v) is 16.5. The molecule has 3 heterocycles. The van der Waals surface area contributed by atoms with E-state index in [-0.39, 0.29) is 5.78 Å². The molecule has 2 aliphatic rings. The van der Waals surface area contributed by atoms with Crippen LogP contribution >= 0.6 is 0 Å². The van der Waals surface area contributed by atoms with Crippen LogP contribution in [0, 0.1) is 0 Å². The third-order valence-corrected chi connectivity index (χ3v) is 5.09. The van der Waals surface area contributed by atoms with E-state index >= 15 is 0 Å². The molecule has 152 valence electrons. The molecule has 0 radical (unpaired) electrons. The Morgan fingerprint density at radius 3 is 3.00 bits per heavy atom. The van der Waals surface area contributed by atoms with Crippen LogP contribution in [-0.4, -0.2) is 67.4 Å². The zero-order chi connectivity index (χ0) is 19.9. The van der Waals surface area contributed by atoms with Gasteiger partial charge in [0.25, 0.3) is 0 Å². The lowest BCUT2D eigenvalue weighted by molar-refractivity contribution is 0.0384. The summed E-state index contributed by atoms with van der Waals surface area (Å²) in [5.74, 6) is 0.846. The van der Waals surface area contributed by atoms with Crippen LogP contribution in [0.3, 0.4) is 0 Å². The Morgan fingerprint density at radius 1 is 1.21 bits per heavy atom. The number of pyridine rings is 1. The largest absolute Gasteiger partial charge is 0.488 e. The first-order valence-corrected chi connectivity index (χ1v) is 10.0. The lowest BCUT2D eigenvalue weighted by atomic mass is 10.0. The fourth-order valence-corrected chi connectivity index (χ4v) is 3.49. The molecule has 4 rings (SSSR count). The molecule has 0 aliphatic carbocycles. The number of ketones is 1. The number of nitrogens with one attached hydrogen (secondary N) is 1. The number of hydrogen-bond acceptors (Lipinski definition) is 7. The van der Waals surface area contributed by atoms with Gasteiger partial charge in [-0.15, -0.1) is 0 Å². The standard InChI is InChI=1S/C22H26N4O3/c27-22-13-18(25-21-15-23-5-4-20(21)22)16-29-19-3-1-2-17(12-19)14-24-6-7-26-8-10-28-11-9-26/h1-5,12,15,24H,6-11,13-14,16H2. The second kappa shape index (κ2) is 9.73. The van der Waals surface area contributed by atoms with Gasteiger partial charge in [-0.3, -0.25) is 19.7 Å². The van der Waals surface area contributed by atoms with Crippen molar-refractivity contribution >= 4 is 17.2 Å². The Bertz CT molecular complexity index is 878. The maximum atomic E-state index is 12.2. The van der Waals surface area contributed by atoms with E-state index in [0.717, 1.165) is 57.4 Å². The topological polar surface area (TPSA) is 76.0 Å². The summed E-state index contributed by atoms with van der Waals surface area (Å²) in [5.41, 5.74) is 3.15. The van der Waals surface area contributed by atoms with Gasteiger partial charge in [-0.25, -0.2) is 0 Å². The Labute approximate surface area is 170 Å². The summed E-state index contributed by atoms with van der Waals surface area (Å²) in [6.07, 6.45) is 3.53. The molecule has 1 N–H and O–H groups in total. The molecule has 1 fully saturated rings. The zero-order valence-electron chi connectivity index (χ0n) is 16.5. The van der Waals surface area contributed by atoms with Gasteiger partial charge in [-0.1, -0.05) is 12.1 Å². The summed E-state index contributed by atoms with van der Waals surface area (Å²) in [6, 6.07) is 9.74. The molecule has 0 spiro atoms. The molecule has 1 aromatic carbocycles. The molecular weight excluding hydrogens is 368 g/mol. The number of carbonyl (C=O) groups is 1. The van der Waals surface area contributed by atoms with Crippen molar-refractivity contribution in [3.63, 3.8) is 0 Å². The van der Waals surface area contributed by atoms with Crippen molar-refractivity contribution in [2.45, 2.75) is 13.0 Å². The lowest BCUT2D eigenvalue weighted by Gasteiger charge is -2.26. The van der Waals surface area contributed by atoms with Crippen LogP contribution in [-0.2, 0) is 11.3 Å². The number of aliphatic imine (C=N–C) groups is 1. The van der Waals surface area contributed by atoms with Gasteiger partial charge in [0.05, 0.1) is 37.2 Å². The number of aromatic nitrogens is 1. The van der Waals surface area contributed by atoms with Crippen LogP contribution in [0.1, 0.15) is 22.3 Å². The SMILES string of the molecule is O=C1CC(COc2cccc(CNCCN3CCOCC3)c2)=Nc2cnccc21. The summed E-state index contributed by atoms with van der Waals surface area (Å²) >= 11 is 0. The van der Waals surface area contributed by atoms with E-state index in [1.165, 1.54) is 5.56 Å².